The zero-order valence-corrected chi connectivity index (χ0v) is 65.3. The van der Waals surface area contributed by atoms with Crippen LogP contribution >= 0.6 is 0 Å². The minimum atomic E-state index is -0.275. The lowest BCUT2D eigenvalue weighted by Crippen LogP contribution is -2.22. The first-order valence-corrected chi connectivity index (χ1v) is 40.9. The zero-order valence-electron chi connectivity index (χ0n) is 65.3. The first kappa shape index (κ1) is 147. The topological polar surface area (TPSA) is 158 Å². The van der Waals surface area contributed by atoms with Crippen molar-refractivity contribution in [3.8, 4) is 0 Å². The second-order valence-corrected chi connectivity index (χ2v) is 33.9. The van der Waals surface area contributed by atoms with Crippen LogP contribution in [0.3, 0.4) is 0 Å². The molecule has 12 nitrogen and oxygen atoms in total. The van der Waals surface area contributed by atoms with Crippen LogP contribution in [-0.4, -0.2) is 75.5 Å². The largest absolute Gasteiger partial charge is 0.462 e. The van der Waals surface area contributed by atoms with Crippen molar-refractivity contribution in [2.24, 2.45) is 82.9 Å². The highest BCUT2D eigenvalue weighted by Gasteiger charge is 2.31. The standard InChI is InChI=1S/C45H66O6.C25H40O4.C20H34O2.19CH4/c1-31(2)43(46)49-24-21-34-7-13-37(14-8-34)27-40-19-20-41(28-38-15-9-35(10-16-38)22-25-50-44(47)32(3)4)42(30-40)29-39-17-11-36(12-18-39)23-26-51-45(48)33(5)6;1-18(2)24(26)28-15-13-20-5-9-22(10-6-20)17-23-11-7-21(8-12-23)14-16-29-25(27)19(3)4;1-15(2)20(21)22-13-12-17-8-10-19(11-9-17)14-18-6-4-16(3)5-7-18;;;;;;;;;;;;;;;;;;;/h19-20,30,34-39H,1,3,5,7-18,21-29H2,2,4,6H3;20-23H,1,3,5-17H2,2,4H3;16-19H,1,4-14H2,2-3H3;19*1H4. The molecule has 0 heterocycles. The van der Waals surface area contributed by atoms with Crippen molar-refractivity contribution >= 4 is 35.8 Å². The molecule has 0 unspecified atom stereocenters. The third-order valence-electron chi connectivity index (χ3n) is 24.7. The van der Waals surface area contributed by atoms with Crippen LogP contribution in [0.4, 0.5) is 0 Å². The van der Waals surface area contributed by atoms with Crippen molar-refractivity contribution in [2.75, 3.05) is 39.6 Å². The van der Waals surface area contributed by atoms with E-state index in [4.69, 9.17) is 28.4 Å². The van der Waals surface area contributed by atoms with Crippen molar-refractivity contribution < 1.29 is 57.2 Å². The molecule has 724 valence electrons. The van der Waals surface area contributed by atoms with Crippen LogP contribution in [0.1, 0.15) is 437 Å². The van der Waals surface area contributed by atoms with E-state index < -0.39 is 0 Å². The van der Waals surface area contributed by atoms with Crippen molar-refractivity contribution in [1.82, 2.24) is 0 Å². The maximum absolute atomic E-state index is 11.8. The van der Waals surface area contributed by atoms with E-state index in [-0.39, 0.29) is 177 Å². The van der Waals surface area contributed by atoms with Gasteiger partial charge in [0.25, 0.3) is 0 Å². The van der Waals surface area contributed by atoms with E-state index in [1.54, 1.807) is 52.7 Å². The number of hydrogen-bond donors (Lipinski definition) is 0. The quantitative estimate of drug-likeness (QED) is 0.0366. The van der Waals surface area contributed by atoms with E-state index in [0.717, 1.165) is 92.8 Å². The minimum absolute atomic E-state index is 0. The molecule has 7 fully saturated rings. The third kappa shape index (κ3) is 58.4. The molecule has 8 rings (SSSR count). The van der Waals surface area contributed by atoms with Crippen LogP contribution in [0.25, 0.3) is 0 Å². The lowest BCUT2D eigenvalue weighted by Gasteiger charge is -2.34. The Kier molecular flexibility index (Phi) is 97.6. The van der Waals surface area contributed by atoms with Crippen molar-refractivity contribution in [3.05, 3.63) is 108 Å². The summed E-state index contributed by atoms with van der Waals surface area (Å²) in [5.74, 6) is 9.36. The molecule has 0 amide bonds. The molecule has 0 atom stereocenters. The Hall–Kier alpha value is -5.52. The van der Waals surface area contributed by atoms with Gasteiger partial charge in [-0.05, 0) is 250 Å². The Labute approximate surface area is 759 Å². The van der Waals surface area contributed by atoms with Crippen molar-refractivity contribution in [2.45, 2.75) is 440 Å². The Morgan fingerprint density at radius 3 is 0.603 bits per heavy atom. The number of esters is 6. The maximum Gasteiger partial charge on any atom is 0.333 e. The summed E-state index contributed by atoms with van der Waals surface area (Å²) in [5, 5.41) is 0. The lowest BCUT2D eigenvalue weighted by atomic mass is 9.72. The average molecular weight is 1720 g/mol. The molecular weight excluding hydrogens is 1500 g/mol. The molecule has 0 aromatic heterocycles. The molecule has 7 aliphatic carbocycles. The van der Waals surface area contributed by atoms with E-state index in [1.807, 2.05) is 0 Å². The van der Waals surface area contributed by atoms with Gasteiger partial charge in [-0.1, -0.05) is 347 Å². The number of ether oxygens (including phenoxy) is 6. The Morgan fingerprint density at radius 1 is 0.240 bits per heavy atom. The van der Waals surface area contributed by atoms with Gasteiger partial charge in [0.05, 0.1) is 39.6 Å². The van der Waals surface area contributed by atoms with Gasteiger partial charge in [0, 0.05) is 33.4 Å². The van der Waals surface area contributed by atoms with Gasteiger partial charge in [-0.15, -0.1) is 0 Å². The lowest BCUT2D eigenvalue weighted by molar-refractivity contribution is -0.140. The summed E-state index contributed by atoms with van der Waals surface area (Å²) in [7, 11) is 0. The average Bonchev–Trinajstić information content (AvgIpc) is 0.838. The summed E-state index contributed by atoms with van der Waals surface area (Å²) in [6.45, 7) is 37.7. The Morgan fingerprint density at radius 2 is 0.405 bits per heavy atom. The van der Waals surface area contributed by atoms with Gasteiger partial charge in [-0.3, -0.25) is 0 Å². The molecule has 7 aliphatic rings. The molecule has 0 saturated heterocycles. The molecule has 0 radical (unpaired) electrons. The van der Waals surface area contributed by atoms with Crippen LogP contribution in [0, 0.1) is 82.9 Å². The molecule has 1 aromatic rings. The van der Waals surface area contributed by atoms with E-state index >= 15 is 0 Å². The smallest absolute Gasteiger partial charge is 0.333 e. The van der Waals surface area contributed by atoms with Gasteiger partial charge < -0.3 is 28.4 Å². The highest BCUT2D eigenvalue weighted by molar-refractivity contribution is 5.89. The van der Waals surface area contributed by atoms with Gasteiger partial charge in [0.15, 0.2) is 0 Å². The second-order valence-electron chi connectivity index (χ2n) is 33.9. The van der Waals surface area contributed by atoms with E-state index in [9.17, 15) is 28.8 Å². The highest BCUT2D eigenvalue weighted by atomic mass is 16.6. The molecule has 121 heavy (non-hydrogen) atoms. The Balaban J connectivity index is -0.000000119. The number of rotatable bonds is 34. The predicted octanol–water partition coefficient (Wildman–Crippen LogP) is 33.9. The number of benzene rings is 1. The molecule has 1 aromatic carbocycles. The van der Waals surface area contributed by atoms with Crippen molar-refractivity contribution in [1.29, 1.82) is 0 Å². The molecule has 12 heteroatoms. The fraction of sp³-hybridized carbons (Fsp3) is 0.780. The summed E-state index contributed by atoms with van der Waals surface area (Å²) in [4.78, 5) is 69.6. The molecule has 0 spiro atoms. The zero-order chi connectivity index (χ0) is 73.9. The Bertz CT molecular complexity index is 2760. The van der Waals surface area contributed by atoms with Crippen LogP contribution in [0.5, 0.6) is 0 Å². The molecule has 0 aliphatic heterocycles. The first-order chi connectivity index (χ1) is 48.8. The number of carbonyl (C=O) groups excluding carboxylic acids is 6. The summed E-state index contributed by atoms with van der Waals surface area (Å²) < 4.78 is 31.9. The predicted molar refractivity (Wildman–Crippen MR) is 541 cm³/mol. The second kappa shape index (κ2) is 80.3. The summed E-state index contributed by atoms with van der Waals surface area (Å²) in [6, 6.07) is 7.47. The van der Waals surface area contributed by atoms with Gasteiger partial charge in [-0.25, -0.2) is 28.8 Å². The fourth-order valence-electron chi connectivity index (χ4n) is 17.7. The normalized spacial score (nSPS) is 22.9. The number of hydrogen-bond acceptors (Lipinski definition) is 12. The van der Waals surface area contributed by atoms with E-state index in [0.29, 0.717) is 115 Å². The molecule has 0 bridgehead atoms. The maximum atomic E-state index is 11.8. The molecule has 0 N–H and O–H groups in total. The summed E-state index contributed by atoms with van der Waals surface area (Å²) >= 11 is 0. The summed E-state index contributed by atoms with van der Waals surface area (Å²) in [5.41, 5.74) is 7.51. The number of carbonyl (C=O) groups is 6. The van der Waals surface area contributed by atoms with E-state index in [1.165, 1.54) is 205 Å². The highest BCUT2D eigenvalue weighted by Crippen LogP contribution is 2.43. The monoisotopic (exact) mass is 1720 g/mol. The summed E-state index contributed by atoms with van der Waals surface area (Å²) in [6.07, 6.45) is 48.7. The van der Waals surface area contributed by atoms with Crippen LogP contribution in [0.2, 0.25) is 0 Å². The van der Waals surface area contributed by atoms with Crippen LogP contribution in [0.15, 0.2) is 91.1 Å². The minimum Gasteiger partial charge on any atom is -0.462 e. The first-order valence-electron chi connectivity index (χ1n) is 40.9. The van der Waals surface area contributed by atoms with Crippen molar-refractivity contribution in [3.63, 3.8) is 0 Å². The molecule has 7 saturated carbocycles. The third-order valence-corrected chi connectivity index (χ3v) is 24.7. The fourth-order valence-corrected chi connectivity index (χ4v) is 17.7. The van der Waals surface area contributed by atoms with Gasteiger partial charge >= 0.3 is 35.8 Å². The van der Waals surface area contributed by atoms with Crippen LogP contribution < -0.4 is 0 Å². The SMILES string of the molecule is C.C.C.C.C.C.C.C.C.C.C.C.C.C.C.C.C.C.C.C=C(C)C(=O)OCCC1CCC(CC2CCC(C)CC2)CC1.C=C(C)C(=O)OCCC1CCC(CC2CCC(CCOC(=O)C(=C)C)CC2)CC1.C=C(C)C(=O)OCCC1CCC(Cc2ccc(CC3CCC(CCOC(=O)C(=C)C)CC3)c(CC3CCC(CCOC(=O)C(=C)C)CC3)c2)CC1. The van der Waals surface area contributed by atoms with Gasteiger partial charge in [-0.2, -0.15) is 0 Å². The van der Waals surface area contributed by atoms with E-state index in [2.05, 4.69) is 64.6 Å². The van der Waals surface area contributed by atoms with Gasteiger partial charge in [0.1, 0.15) is 0 Å². The molecular formula is C109H216O12. The van der Waals surface area contributed by atoms with Crippen LogP contribution in [-0.2, 0) is 76.5 Å². The van der Waals surface area contributed by atoms with Gasteiger partial charge in [0.2, 0.25) is 0 Å².